The van der Waals surface area contributed by atoms with Crippen LogP contribution in [0.25, 0.3) is 0 Å². The summed E-state index contributed by atoms with van der Waals surface area (Å²) in [5, 5.41) is 3.13. The summed E-state index contributed by atoms with van der Waals surface area (Å²) >= 11 is 0. The Morgan fingerprint density at radius 2 is 2.27 bits per heavy atom. The van der Waals surface area contributed by atoms with Crippen LogP contribution in [0.2, 0.25) is 0 Å². The Morgan fingerprint density at radius 3 is 2.64 bits per heavy atom. The summed E-state index contributed by atoms with van der Waals surface area (Å²) in [6.07, 6.45) is 3.63. The molecule has 1 aromatic rings. The molecule has 1 aromatic heterocycles. The number of aryl methyl sites for hydroxylation is 1. The summed E-state index contributed by atoms with van der Waals surface area (Å²) in [7, 11) is 1.77. The molecule has 1 aliphatic heterocycles. The number of nitrogens with zero attached hydrogens (tertiary/aromatic N) is 2. The van der Waals surface area contributed by atoms with Gasteiger partial charge in [-0.05, 0) is 0 Å². The minimum absolute atomic E-state index is 0.0801. The van der Waals surface area contributed by atoms with E-state index in [2.05, 4.69) is 5.32 Å². The van der Waals surface area contributed by atoms with Crippen molar-refractivity contribution in [1.82, 2.24) is 14.5 Å². The first-order chi connectivity index (χ1) is 5.29. The Bertz CT molecular complexity index is 308. The molecule has 2 heterocycles. The van der Waals surface area contributed by atoms with E-state index < -0.39 is 0 Å². The van der Waals surface area contributed by atoms with Gasteiger partial charge in [0.2, 0.25) is 0 Å². The van der Waals surface area contributed by atoms with E-state index in [9.17, 15) is 4.79 Å². The van der Waals surface area contributed by atoms with Crippen LogP contribution in [0.15, 0.2) is 17.2 Å². The molecule has 0 aliphatic carbocycles. The zero-order valence-corrected chi connectivity index (χ0v) is 6.45. The predicted molar refractivity (Wildman–Crippen MR) is 41.6 cm³/mol. The van der Waals surface area contributed by atoms with Crippen LogP contribution < -0.4 is 11.0 Å². The SMILES string of the molecule is Cn1ccn(C2CNC2)c1=O. The Morgan fingerprint density at radius 1 is 1.55 bits per heavy atom. The summed E-state index contributed by atoms with van der Waals surface area (Å²) in [6.45, 7) is 1.84. The lowest BCUT2D eigenvalue weighted by molar-refractivity contribution is 0.334. The molecule has 4 heteroatoms. The lowest BCUT2D eigenvalue weighted by Gasteiger charge is -2.27. The van der Waals surface area contributed by atoms with E-state index in [-0.39, 0.29) is 5.69 Å². The van der Waals surface area contributed by atoms with Crippen LogP contribution in [0.5, 0.6) is 0 Å². The van der Waals surface area contributed by atoms with E-state index >= 15 is 0 Å². The van der Waals surface area contributed by atoms with Gasteiger partial charge in [-0.2, -0.15) is 0 Å². The van der Waals surface area contributed by atoms with Gasteiger partial charge < -0.3 is 9.88 Å². The molecule has 0 atom stereocenters. The zero-order valence-electron chi connectivity index (χ0n) is 6.45. The molecule has 1 saturated heterocycles. The molecular formula is C7H11N3O. The molecule has 0 unspecified atom stereocenters. The van der Waals surface area contributed by atoms with Crippen molar-refractivity contribution < 1.29 is 0 Å². The average molecular weight is 153 g/mol. The third-order valence-electron chi connectivity index (χ3n) is 2.13. The van der Waals surface area contributed by atoms with Gasteiger partial charge >= 0.3 is 5.69 Å². The van der Waals surface area contributed by atoms with Crippen molar-refractivity contribution in [1.29, 1.82) is 0 Å². The summed E-state index contributed by atoms with van der Waals surface area (Å²) in [6, 6.07) is 0.378. The third kappa shape index (κ3) is 0.903. The maximum absolute atomic E-state index is 11.3. The average Bonchev–Trinajstić information content (AvgIpc) is 2.15. The minimum Gasteiger partial charge on any atom is -0.313 e. The molecule has 0 aromatic carbocycles. The second kappa shape index (κ2) is 2.23. The highest BCUT2D eigenvalue weighted by atomic mass is 16.1. The van der Waals surface area contributed by atoms with Gasteiger partial charge in [-0.25, -0.2) is 4.79 Å². The number of hydrogen-bond donors (Lipinski definition) is 1. The quantitative estimate of drug-likeness (QED) is 0.581. The third-order valence-corrected chi connectivity index (χ3v) is 2.13. The molecule has 0 spiro atoms. The second-order valence-corrected chi connectivity index (χ2v) is 2.91. The molecule has 4 nitrogen and oxygen atoms in total. The van der Waals surface area contributed by atoms with Gasteiger partial charge in [0.1, 0.15) is 0 Å². The van der Waals surface area contributed by atoms with Gasteiger partial charge in [-0.15, -0.1) is 0 Å². The summed E-state index contributed by atoms with van der Waals surface area (Å²) in [5.41, 5.74) is 0.0801. The largest absolute Gasteiger partial charge is 0.328 e. The first-order valence-electron chi connectivity index (χ1n) is 3.73. The first kappa shape index (κ1) is 6.67. The van der Waals surface area contributed by atoms with E-state index in [1.807, 2.05) is 6.20 Å². The van der Waals surface area contributed by atoms with Gasteiger partial charge in [0, 0.05) is 32.5 Å². The summed E-state index contributed by atoms with van der Waals surface area (Å²) < 4.78 is 3.37. The maximum atomic E-state index is 11.3. The Labute approximate surface area is 64.4 Å². The van der Waals surface area contributed by atoms with E-state index in [1.165, 1.54) is 0 Å². The number of hydrogen-bond acceptors (Lipinski definition) is 2. The van der Waals surface area contributed by atoms with E-state index in [0.717, 1.165) is 13.1 Å². The molecule has 1 N–H and O–H groups in total. The lowest BCUT2D eigenvalue weighted by atomic mass is 10.2. The Balaban J connectivity index is 2.37. The molecule has 1 fully saturated rings. The number of imidazole rings is 1. The minimum atomic E-state index is 0.0801. The van der Waals surface area contributed by atoms with Crippen molar-refractivity contribution in [2.24, 2.45) is 7.05 Å². The topological polar surface area (TPSA) is 39.0 Å². The molecule has 1 aliphatic rings. The number of rotatable bonds is 1. The van der Waals surface area contributed by atoms with Crippen molar-refractivity contribution in [2.75, 3.05) is 13.1 Å². The van der Waals surface area contributed by atoms with Crippen molar-refractivity contribution in [3.8, 4) is 0 Å². The zero-order chi connectivity index (χ0) is 7.84. The monoisotopic (exact) mass is 153 g/mol. The van der Waals surface area contributed by atoms with Crippen LogP contribution in [0.3, 0.4) is 0 Å². The fourth-order valence-electron chi connectivity index (χ4n) is 1.23. The molecule has 0 bridgehead atoms. The number of aromatic nitrogens is 2. The molecule has 0 saturated carbocycles. The van der Waals surface area contributed by atoms with E-state index in [4.69, 9.17) is 0 Å². The fourth-order valence-corrected chi connectivity index (χ4v) is 1.23. The summed E-state index contributed by atoms with van der Waals surface area (Å²) in [5.74, 6) is 0. The van der Waals surface area contributed by atoms with Gasteiger partial charge in [0.15, 0.2) is 0 Å². The lowest BCUT2D eigenvalue weighted by Crippen LogP contribution is -2.46. The highest BCUT2D eigenvalue weighted by Gasteiger charge is 2.19. The van der Waals surface area contributed by atoms with E-state index in [1.54, 1.807) is 22.4 Å². The molecule has 60 valence electrons. The molecule has 0 amide bonds. The van der Waals surface area contributed by atoms with Crippen molar-refractivity contribution >= 4 is 0 Å². The van der Waals surface area contributed by atoms with Gasteiger partial charge in [-0.3, -0.25) is 4.57 Å². The van der Waals surface area contributed by atoms with Crippen molar-refractivity contribution in [3.63, 3.8) is 0 Å². The van der Waals surface area contributed by atoms with Gasteiger partial charge in [0.25, 0.3) is 0 Å². The molecule has 2 rings (SSSR count). The smallest absolute Gasteiger partial charge is 0.313 e. The fraction of sp³-hybridized carbons (Fsp3) is 0.571. The highest BCUT2D eigenvalue weighted by Crippen LogP contribution is 2.07. The van der Waals surface area contributed by atoms with Crippen LogP contribution >= 0.6 is 0 Å². The Hall–Kier alpha value is -1.03. The van der Waals surface area contributed by atoms with E-state index in [0.29, 0.717) is 6.04 Å². The van der Waals surface area contributed by atoms with Crippen LogP contribution in [0.4, 0.5) is 0 Å². The van der Waals surface area contributed by atoms with Crippen molar-refractivity contribution in [2.45, 2.75) is 6.04 Å². The Kier molecular flexibility index (Phi) is 1.35. The molecule has 0 radical (unpaired) electrons. The highest BCUT2D eigenvalue weighted by molar-refractivity contribution is 4.90. The van der Waals surface area contributed by atoms with Gasteiger partial charge in [0.05, 0.1) is 6.04 Å². The normalized spacial score (nSPS) is 18.3. The molecular weight excluding hydrogens is 142 g/mol. The summed E-state index contributed by atoms with van der Waals surface area (Å²) in [4.78, 5) is 11.3. The number of nitrogens with one attached hydrogen (secondary N) is 1. The standard InChI is InChI=1S/C7H11N3O/c1-9-2-3-10(7(9)11)6-4-8-5-6/h2-3,6,8H,4-5H2,1H3. The van der Waals surface area contributed by atoms with Crippen LogP contribution in [0, 0.1) is 0 Å². The predicted octanol–water partition coefficient (Wildman–Crippen LogP) is -0.669. The molecule has 11 heavy (non-hydrogen) atoms. The van der Waals surface area contributed by atoms with Crippen molar-refractivity contribution in [3.05, 3.63) is 22.9 Å². The van der Waals surface area contributed by atoms with Crippen LogP contribution in [0.1, 0.15) is 6.04 Å². The van der Waals surface area contributed by atoms with Crippen LogP contribution in [-0.4, -0.2) is 22.2 Å². The maximum Gasteiger partial charge on any atom is 0.328 e. The first-order valence-corrected chi connectivity index (χ1v) is 3.73. The van der Waals surface area contributed by atoms with Crippen LogP contribution in [-0.2, 0) is 7.05 Å². The second-order valence-electron chi connectivity index (χ2n) is 2.91. The van der Waals surface area contributed by atoms with Gasteiger partial charge in [-0.1, -0.05) is 0 Å².